The molecule has 1 fully saturated rings. The number of rotatable bonds is 1. The normalized spacial score (nSPS) is 20.0. The van der Waals surface area contributed by atoms with Crippen molar-refractivity contribution in [3.63, 3.8) is 0 Å². The number of hydrogen-bond donors (Lipinski definition) is 1. The van der Waals surface area contributed by atoms with Crippen molar-refractivity contribution in [1.82, 2.24) is 5.06 Å². The monoisotopic (exact) mass is 250 g/mol. The molecule has 2 aliphatic heterocycles. The van der Waals surface area contributed by atoms with Crippen molar-refractivity contribution < 1.29 is 14.7 Å². The quantitative estimate of drug-likeness (QED) is 0.813. The van der Waals surface area contributed by atoms with Crippen LogP contribution in [0.25, 0.3) is 0 Å². The van der Waals surface area contributed by atoms with Gasteiger partial charge in [0.2, 0.25) is 0 Å². The van der Waals surface area contributed by atoms with E-state index in [0.29, 0.717) is 26.3 Å². The lowest BCUT2D eigenvalue weighted by atomic mass is 10.1. The molecule has 98 valence electrons. The third-order valence-corrected chi connectivity index (χ3v) is 3.46. The molecule has 1 aromatic carbocycles. The first-order chi connectivity index (χ1) is 8.75. The van der Waals surface area contributed by atoms with Gasteiger partial charge in [-0.3, -0.25) is 0 Å². The third kappa shape index (κ3) is 2.00. The molecule has 1 N–H and O–H groups in total. The predicted molar refractivity (Wildman–Crippen MR) is 67.7 cm³/mol. The second kappa shape index (κ2) is 4.66. The maximum atomic E-state index is 9.43. The Bertz CT molecular complexity index is 442. The van der Waals surface area contributed by atoms with Crippen molar-refractivity contribution in [1.29, 1.82) is 0 Å². The highest BCUT2D eigenvalue weighted by Gasteiger charge is 2.24. The summed E-state index contributed by atoms with van der Waals surface area (Å²) in [6.07, 6.45) is 0. The summed E-state index contributed by atoms with van der Waals surface area (Å²) in [4.78, 5) is 2.26. The van der Waals surface area contributed by atoms with Gasteiger partial charge in [-0.2, -0.15) is 5.06 Å². The number of aryl methyl sites for hydroxylation is 1. The van der Waals surface area contributed by atoms with Crippen LogP contribution in [0.15, 0.2) is 12.1 Å². The van der Waals surface area contributed by atoms with E-state index in [2.05, 4.69) is 17.9 Å². The second-order valence-corrected chi connectivity index (χ2v) is 4.70. The second-order valence-electron chi connectivity index (χ2n) is 4.70. The SMILES string of the molecule is Cc1ccc2c(c1N1CCN(O)CC1)OCCO2. The Hall–Kier alpha value is -1.46. The van der Waals surface area contributed by atoms with Crippen molar-refractivity contribution in [2.24, 2.45) is 0 Å². The Kier molecular flexibility index (Phi) is 3.01. The molecule has 18 heavy (non-hydrogen) atoms. The number of ether oxygens (including phenoxy) is 2. The van der Waals surface area contributed by atoms with Crippen LogP contribution in [0.4, 0.5) is 5.69 Å². The number of hydrogen-bond acceptors (Lipinski definition) is 5. The zero-order valence-corrected chi connectivity index (χ0v) is 10.6. The van der Waals surface area contributed by atoms with Crippen molar-refractivity contribution in [3.8, 4) is 11.5 Å². The predicted octanol–water partition coefficient (Wildman–Crippen LogP) is 1.28. The van der Waals surface area contributed by atoms with Crippen LogP contribution in [0.3, 0.4) is 0 Å². The number of anilines is 1. The summed E-state index contributed by atoms with van der Waals surface area (Å²) in [5, 5.41) is 10.8. The van der Waals surface area contributed by atoms with Gasteiger partial charge in [0.15, 0.2) is 11.5 Å². The van der Waals surface area contributed by atoms with Crippen LogP contribution in [-0.2, 0) is 0 Å². The molecular formula is C13H18N2O3. The van der Waals surface area contributed by atoms with Gasteiger partial charge in [-0.05, 0) is 18.6 Å². The highest BCUT2D eigenvalue weighted by atomic mass is 16.6. The molecule has 0 aliphatic carbocycles. The summed E-state index contributed by atoms with van der Waals surface area (Å²) in [5.74, 6) is 1.68. The van der Waals surface area contributed by atoms with E-state index in [4.69, 9.17) is 9.47 Å². The van der Waals surface area contributed by atoms with Crippen LogP contribution < -0.4 is 14.4 Å². The highest BCUT2D eigenvalue weighted by molar-refractivity contribution is 5.69. The van der Waals surface area contributed by atoms with Gasteiger partial charge in [0.1, 0.15) is 13.2 Å². The zero-order chi connectivity index (χ0) is 12.5. The van der Waals surface area contributed by atoms with Crippen molar-refractivity contribution in [2.45, 2.75) is 6.92 Å². The molecule has 0 saturated carbocycles. The van der Waals surface area contributed by atoms with E-state index in [-0.39, 0.29) is 0 Å². The molecule has 0 aromatic heterocycles. The Balaban J connectivity index is 1.95. The van der Waals surface area contributed by atoms with Crippen molar-refractivity contribution >= 4 is 5.69 Å². The Morgan fingerprint density at radius 2 is 1.78 bits per heavy atom. The summed E-state index contributed by atoms with van der Waals surface area (Å²) in [6.45, 7) is 6.21. The molecule has 0 spiro atoms. The Morgan fingerprint density at radius 1 is 1.06 bits per heavy atom. The van der Waals surface area contributed by atoms with Gasteiger partial charge >= 0.3 is 0 Å². The fourth-order valence-electron chi connectivity index (χ4n) is 2.51. The van der Waals surface area contributed by atoms with Gasteiger partial charge in [0.25, 0.3) is 0 Å². The average molecular weight is 250 g/mol. The first-order valence-electron chi connectivity index (χ1n) is 6.33. The van der Waals surface area contributed by atoms with Gasteiger partial charge in [-0.1, -0.05) is 6.07 Å². The van der Waals surface area contributed by atoms with Gasteiger partial charge in [0, 0.05) is 26.2 Å². The van der Waals surface area contributed by atoms with E-state index in [1.165, 1.54) is 10.6 Å². The molecule has 1 saturated heterocycles. The molecule has 0 amide bonds. The van der Waals surface area contributed by atoms with Crippen molar-refractivity contribution in [3.05, 3.63) is 17.7 Å². The Morgan fingerprint density at radius 3 is 2.56 bits per heavy atom. The fraction of sp³-hybridized carbons (Fsp3) is 0.538. The minimum atomic E-state index is 0.601. The molecule has 0 radical (unpaired) electrons. The number of benzene rings is 1. The lowest BCUT2D eigenvalue weighted by Gasteiger charge is -2.35. The van der Waals surface area contributed by atoms with E-state index in [1.54, 1.807) is 0 Å². The number of hydroxylamine groups is 2. The maximum Gasteiger partial charge on any atom is 0.184 e. The van der Waals surface area contributed by atoms with E-state index in [0.717, 1.165) is 30.3 Å². The molecule has 0 atom stereocenters. The van der Waals surface area contributed by atoms with E-state index in [9.17, 15) is 5.21 Å². The zero-order valence-electron chi connectivity index (χ0n) is 10.6. The van der Waals surface area contributed by atoms with E-state index in [1.807, 2.05) is 6.07 Å². The fourth-order valence-corrected chi connectivity index (χ4v) is 2.51. The summed E-state index contributed by atoms with van der Waals surface area (Å²) >= 11 is 0. The maximum absolute atomic E-state index is 9.43. The van der Waals surface area contributed by atoms with Gasteiger partial charge in [0.05, 0.1) is 5.69 Å². The first-order valence-corrected chi connectivity index (χ1v) is 6.33. The van der Waals surface area contributed by atoms with Crippen LogP contribution in [-0.4, -0.2) is 49.7 Å². The summed E-state index contributed by atoms with van der Waals surface area (Å²) in [6, 6.07) is 4.03. The van der Waals surface area contributed by atoms with Crippen LogP contribution in [0, 0.1) is 6.92 Å². The van der Waals surface area contributed by atoms with Gasteiger partial charge in [-0.15, -0.1) is 0 Å². The van der Waals surface area contributed by atoms with Crippen LogP contribution >= 0.6 is 0 Å². The lowest BCUT2D eigenvalue weighted by molar-refractivity contribution is -0.0936. The average Bonchev–Trinajstić information content (AvgIpc) is 2.40. The summed E-state index contributed by atoms with van der Waals surface area (Å²) in [7, 11) is 0. The molecule has 1 aromatic rings. The van der Waals surface area contributed by atoms with Gasteiger partial charge < -0.3 is 19.6 Å². The van der Waals surface area contributed by atoms with Crippen LogP contribution in [0.5, 0.6) is 11.5 Å². The molecular weight excluding hydrogens is 232 g/mol. The number of piperazine rings is 1. The molecule has 0 unspecified atom stereocenters. The number of fused-ring (bicyclic) bond motifs is 1. The van der Waals surface area contributed by atoms with Crippen LogP contribution in [0.1, 0.15) is 5.56 Å². The smallest absolute Gasteiger partial charge is 0.184 e. The van der Waals surface area contributed by atoms with E-state index >= 15 is 0 Å². The number of nitrogens with zero attached hydrogens (tertiary/aromatic N) is 2. The van der Waals surface area contributed by atoms with Gasteiger partial charge in [-0.25, -0.2) is 0 Å². The Labute approximate surface area is 106 Å². The molecule has 3 rings (SSSR count). The lowest BCUT2D eigenvalue weighted by Crippen LogP contribution is -2.45. The summed E-state index contributed by atoms with van der Waals surface area (Å²) in [5.41, 5.74) is 2.30. The summed E-state index contributed by atoms with van der Waals surface area (Å²) < 4.78 is 11.4. The topological polar surface area (TPSA) is 45.2 Å². The highest BCUT2D eigenvalue weighted by Crippen LogP contribution is 2.42. The largest absolute Gasteiger partial charge is 0.486 e. The van der Waals surface area contributed by atoms with Crippen molar-refractivity contribution in [2.75, 3.05) is 44.3 Å². The van der Waals surface area contributed by atoms with Crippen LogP contribution in [0.2, 0.25) is 0 Å². The third-order valence-electron chi connectivity index (χ3n) is 3.46. The molecule has 5 heteroatoms. The minimum Gasteiger partial charge on any atom is -0.486 e. The molecule has 0 bridgehead atoms. The minimum absolute atomic E-state index is 0.601. The van der Waals surface area contributed by atoms with E-state index < -0.39 is 0 Å². The molecule has 5 nitrogen and oxygen atoms in total. The molecule has 2 heterocycles. The standard InChI is InChI=1S/C13H18N2O3/c1-10-2-3-11-13(18-9-8-17-11)12(10)14-4-6-15(16)7-5-14/h2-3,16H,4-9H2,1H3. The molecule has 2 aliphatic rings. The first kappa shape index (κ1) is 11.6.